The molecule has 3 rings (SSSR count). The Hall–Kier alpha value is -2.03. The molecule has 1 aromatic heterocycles. The third-order valence-electron chi connectivity index (χ3n) is 4.35. The molecule has 2 aromatic rings. The number of carbonyl (C=O) groups excluding carboxylic acids is 1. The van der Waals surface area contributed by atoms with E-state index in [1.165, 1.54) is 11.8 Å². The highest BCUT2D eigenvalue weighted by Crippen LogP contribution is 2.20. The molecule has 0 bridgehead atoms. The fourth-order valence-electron chi connectivity index (χ4n) is 2.90. The molecule has 0 aliphatic carbocycles. The number of rotatable bonds is 9. The Morgan fingerprint density at radius 2 is 2.26 bits per heavy atom. The lowest BCUT2D eigenvalue weighted by Crippen LogP contribution is -2.32. The second-order valence-electron chi connectivity index (χ2n) is 6.38. The third-order valence-corrected chi connectivity index (χ3v) is 5.34. The molecule has 1 aromatic carbocycles. The van der Waals surface area contributed by atoms with Crippen molar-refractivity contribution in [1.82, 2.24) is 14.9 Å². The maximum atomic E-state index is 12.1. The van der Waals surface area contributed by atoms with Gasteiger partial charge in [0.05, 0.1) is 31.3 Å². The lowest BCUT2D eigenvalue weighted by Gasteiger charge is -2.11. The number of methoxy groups -OCH3 is 1. The summed E-state index contributed by atoms with van der Waals surface area (Å²) in [4.78, 5) is 16.5. The molecule has 0 radical (unpaired) electrons. The van der Waals surface area contributed by atoms with Crippen LogP contribution in [0.3, 0.4) is 0 Å². The summed E-state index contributed by atoms with van der Waals surface area (Å²) < 4.78 is 12.6. The molecule has 2 N–H and O–H groups in total. The van der Waals surface area contributed by atoms with Crippen LogP contribution < -0.4 is 10.1 Å². The Kier molecular flexibility index (Phi) is 7.14. The Morgan fingerprint density at radius 1 is 1.44 bits per heavy atom. The zero-order chi connectivity index (χ0) is 19.1. The second kappa shape index (κ2) is 9.77. The van der Waals surface area contributed by atoms with Crippen molar-refractivity contribution in [3.63, 3.8) is 0 Å². The van der Waals surface area contributed by atoms with E-state index in [0.717, 1.165) is 30.8 Å². The average Bonchev–Trinajstić information content (AvgIpc) is 3.35. The van der Waals surface area contributed by atoms with Gasteiger partial charge in [0.1, 0.15) is 5.75 Å². The van der Waals surface area contributed by atoms with Gasteiger partial charge in [-0.15, -0.1) is 0 Å². The van der Waals surface area contributed by atoms with Crippen molar-refractivity contribution >= 4 is 17.7 Å². The van der Waals surface area contributed by atoms with Gasteiger partial charge in [-0.25, -0.2) is 4.98 Å². The minimum absolute atomic E-state index is 0.0416. The maximum Gasteiger partial charge on any atom is 0.230 e. The first-order chi connectivity index (χ1) is 13.2. The predicted molar refractivity (Wildman–Crippen MR) is 103 cm³/mol. The summed E-state index contributed by atoms with van der Waals surface area (Å²) in [5.41, 5.74) is 1.67. The monoisotopic (exact) mass is 391 g/mol. The summed E-state index contributed by atoms with van der Waals surface area (Å²) in [5.74, 6) is 1.04. The Balaban J connectivity index is 1.57. The van der Waals surface area contributed by atoms with Crippen LogP contribution in [0, 0.1) is 0 Å². The van der Waals surface area contributed by atoms with Gasteiger partial charge in [0.2, 0.25) is 5.91 Å². The zero-order valence-corrected chi connectivity index (χ0v) is 16.2. The molecule has 146 valence electrons. The van der Waals surface area contributed by atoms with Crippen LogP contribution in [0.5, 0.6) is 5.75 Å². The Bertz CT molecular complexity index is 742. The number of hydrogen-bond acceptors (Lipinski definition) is 6. The van der Waals surface area contributed by atoms with E-state index in [1.54, 1.807) is 7.11 Å². The number of carbonyl (C=O) groups is 1. The quantitative estimate of drug-likeness (QED) is 0.634. The van der Waals surface area contributed by atoms with Gasteiger partial charge >= 0.3 is 0 Å². The Labute approximate surface area is 163 Å². The van der Waals surface area contributed by atoms with Crippen molar-refractivity contribution in [2.75, 3.05) is 26.0 Å². The van der Waals surface area contributed by atoms with E-state index in [4.69, 9.17) is 9.47 Å². The van der Waals surface area contributed by atoms with E-state index in [-0.39, 0.29) is 24.4 Å². The molecule has 1 amide bonds. The number of amides is 1. The van der Waals surface area contributed by atoms with Crippen LogP contribution in [-0.4, -0.2) is 52.7 Å². The van der Waals surface area contributed by atoms with E-state index >= 15 is 0 Å². The molecule has 2 heterocycles. The smallest absolute Gasteiger partial charge is 0.230 e. The van der Waals surface area contributed by atoms with Gasteiger partial charge in [-0.1, -0.05) is 23.9 Å². The highest BCUT2D eigenvalue weighted by molar-refractivity contribution is 7.99. The second-order valence-corrected chi connectivity index (χ2v) is 7.32. The van der Waals surface area contributed by atoms with Crippen molar-refractivity contribution in [1.29, 1.82) is 0 Å². The van der Waals surface area contributed by atoms with Crippen molar-refractivity contribution in [2.24, 2.45) is 0 Å². The number of aliphatic hydroxyl groups excluding tert-OH is 1. The van der Waals surface area contributed by atoms with Crippen LogP contribution in [-0.2, 0) is 22.7 Å². The van der Waals surface area contributed by atoms with Gasteiger partial charge in [-0.2, -0.15) is 0 Å². The summed E-state index contributed by atoms with van der Waals surface area (Å²) >= 11 is 1.36. The molecule has 1 atom stereocenters. The molecule has 0 saturated carbocycles. The Morgan fingerprint density at radius 3 is 2.93 bits per heavy atom. The molecule has 1 saturated heterocycles. The molecule has 0 unspecified atom stereocenters. The number of nitrogens with one attached hydrogen (secondary N) is 1. The summed E-state index contributed by atoms with van der Waals surface area (Å²) in [6.45, 7) is 1.81. The van der Waals surface area contributed by atoms with E-state index < -0.39 is 0 Å². The van der Waals surface area contributed by atoms with Crippen LogP contribution >= 0.6 is 11.8 Å². The van der Waals surface area contributed by atoms with E-state index in [0.29, 0.717) is 23.9 Å². The van der Waals surface area contributed by atoms with Crippen molar-refractivity contribution in [3.05, 3.63) is 41.7 Å². The molecule has 8 heteroatoms. The van der Waals surface area contributed by atoms with Gasteiger partial charge < -0.3 is 24.5 Å². The first-order valence-corrected chi connectivity index (χ1v) is 9.97. The van der Waals surface area contributed by atoms with Crippen molar-refractivity contribution < 1.29 is 19.4 Å². The fraction of sp³-hybridized carbons (Fsp3) is 0.474. The van der Waals surface area contributed by atoms with Crippen LogP contribution in [0.25, 0.3) is 0 Å². The van der Waals surface area contributed by atoms with E-state index in [2.05, 4.69) is 10.3 Å². The maximum absolute atomic E-state index is 12.1. The highest BCUT2D eigenvalue weighted by atomic mass is 32.2. The first-order valence-electron chi connectivity index (χ1n) is 8.99. The highest BCUT2D eigenvalue weighted by Gasteiger charge is 2.17. The van der Waals surface area contributed by atoms with Crippen molar-refractivity contribution in [3.8, 4) is 5.75 Å². The number of thioether (sulfide) groups is 1. The lowest BCUT2D eigenvalue weighted by atomic mass is 10.2. The zero-order valence-electron chi connectivity index (χ0n) is 15.4. The molecule has 1 fully saturated rings. The number of imidazole rings is 1. The van der Waals surface area contributed by atoms with Gasteiger partial charge in [0, 0.05) is 25.9 Å². The summed E-state index contributed by atoms with van der Waals surface area (Å²) in [6.07, 6.45) is 4.01. The summed E-state index contributed by atoms with van der Waals surface area (Å²) in [5, 5.41) is 13.0. The van der Waals surface area contributed by atoms with E-state index in [1.807, 2.05) is 35.0 Å². The molecule has 27 heavy (non-hydrogen) atoms. The number of nitrogens with zero attached hydrogens (tertiary/aromatic N) is 2. The van der Waals surface area contributed by atoms with Crippen LogP contribution in [0.2, 0.25) is 0 Å². The molecule has 0 spiro atoms. The van der Waals surface area contributed by atoms with E-state index in [9.17, 15) is 9.90 Å². The van der Waals surface area contributed by atoms with Crippen LogP contribution in [0.4, 0.5) is 0 Å². The van der Waals surface area contributed by atoms with Gasteiger partial charge in [-0.05, 0) is 30.5 Å². The summed E-state index contributed by atoms with van der Waals surface area (Å²) in [7, 11) is 1.64. The molecular weight excluding hydrogens is 366 g/mol. The molecular formula is C19H25N3O4S. The number of ether oxygens (including phenoxy) is 2. The number of aromatic nitrogens is 2. The summed E-state index contributed by atoms with van der Waals surface area (Å²) in [6, 6.07) is 7.79. The number of hydrogen-bond donors (Lipinski definition) is 2. The topological polar surface area (TPSA) is 85.6 Å². The van der Waals surface area contributed by atoms with Gasteiger partial charge in [0.25, 0.3) is 0 Å². The van der Waals surface area contributed by atoms with Gasteiger partial charge in [-0.3, -0.25) is 4.79 Å². The number of aliphatic hydroxyl groups is 1. The normalized spacial score (nSPS) is 16.4. The minimum Gasteiger partial charge on any atom is -0.497 e. The molecule has 1 aliphatic rings. The average molecular weight is 391 g/mol. The molecule has 1 aliphatic heterocycles. The first kappa shape index (κ1) is 19.7. The number of benzene rings is 1. The SMILES string of the molecule is COc1ccc(Cn2cc(CO)nc2SCC(=O)NC[C@@H]2CCCO2)cc1. The fourth-order valence-corrected chi connectivity index (χ4v) is 3.72. The minimum atomic E-state index is -0.131. The van der Waals surface area contributed by atoms with Crippen LogP contribution in [0.15, 0.2) is 35.6 Å². The largest absolute Gasteiger partial charge is 0.497 e. The van der Waals surface area contributed by atoms with Crippen LogP contribution in [0.1, 0.15) is 24.1 Å². The van der Waals surface area contributed by atoms with Crippen molar-refractivity contribution in [2.45, 2.75) is 37.3 Å². The standard InChI is InChI=1S/C19H25N3O4S/c1-25-16-6-4-14(5-7-16)10-22-11-15(12-23)21-19(22)27-13-18(24)20-9-17-3-2-8-26-17/h4-7,11,17,23H,2-3,8-10,12-13H2,1H3,(H,20,24)/t17-/m0/s1. The third kappa shape index (κ3) is 5.72. The lowest BCUT2D eigenvalue weighted by molar-refractivity contribution is -0.119. The predicted octanol–water partition coefficient (Wildman–Crippen LogP) is 1.82. The van der Waals surface area contributed by atoms with Gasteiger partial charge in [0.15, 0.2) is 5.16 Å². The molecule has 7 nitrogen and oxygen atoms in total.